The van der Waals surface area contributed by atoms with Gasteiger partial charge in [0.15, 0.2) is 0 Å². The fourth-order valence-corrected chi connectivity index (χ4v) is 4.10. The molecule has 2 aromatic carbocycles. The van der Waals surface area contributed by atoms with Crippen molar-refractivity contribution >= 4 is 61.4 Å². The minimum atomic E-state index is 0.369. The maximum Gasteiger partial charge on any atom is 0.137 e. The average molecular weight is 467 g/mol. The largest absolute Gasteiger partial charge is 0.235 e. The molecular weight excluding hydrogens is 454 g/mol. The quantitative estimate of drug-likeness (QED) is 0.238. The first kappa shape index (κ1) is 18.8. The Labute approximate surface area is 180 Å². The van der Waals surface area contributed by atoms with Crippen LogP contribution in [0.25, 0.3) is 33.8 Å². The lowest BCUT2D eigenvalue weighted by atomic mass is 10.1. The number of nitrogens with zero attached hydrogens (tertiary/aromatic N) is 3. The smallest absolute Gasteiger partial charge is 0.137 e. The number of hydrogen-bond donors (Lipinski definition) is 0. The molecule has 2 heterocycles. The first-order chi connectivity index (χ1) is 13.5. The highest BCUT2D eigenvalue weighted by molar-refractivity contribution is 9.10. The molecule has 2 aromatic heterocycles. The summed E-state index contributed by atoms with van der Waals surface area (Å²) in [5.41, 5.74) is 4.99. The number of fused-ring (bicyclic) bond motifs is 1. The fourth-order valence-electron chi connectivity index (χ4n) is 2.84. The van der Waals surface area contributed by atoms with Crippen molar-refractivity contribution in [1.82, 2.24) is 9.97 Å². The molecule has 0 atom stereocenters. The molecule has 0 fully saturated rings. The van der Waals surface area contributed by atoms with Crippen molar-refractivity contribution in [2.24, 2.45) is 0 Å². The maximum absolute atomic E-state index is 9.68. The van der Waals surface area contributed by atoms with E-state index < -0.39 is 0 Å². The van der Waals surface area contributed by atoms with Crippen molar-refractivity contribution in [3.05, 3.63) is 79.7 Å². The molecule has 6 heteroatoms. The summed E-state index contributed by atoms with van der Waals surface area (Å²) in [6.07, 6.45) is 1.75. The molecule has 0 radical (unpaired) electrons. The topological polar surface area (TPSA) is 49.6 Å². The number of nitriles is 1. The molecule has 4 rings (SSSR count). The van der Waals surface area contributed by atoms with Gasteiger partial charge in [0.1, 0.15) is 16.2 Å². The number of benzene rings is 2. The Morgan fingerprint density at radius 3 is 2.68 bits per heavy atom. The van der Waals surface area contributed by atoms with E-state index in [-0.39, 0.29) is 0 Å². The van der Waals surface area contributed by atoms with Crippen LogP contribution < -0.4 is 0 Å². The van der Waals surface area contributed by atoms with Crippen molar-refractivity contribution in [2.75, 3.05) is 0 Å². The number of thiazole rings is 1. The van der Waals surface area contributed by atoms with Crippen molar-refractivity contribution in [2.45, 2.75) is 6.92 Å². The lowest BCUT2D eigenvalue weighted by Gasteiger charge is -2.04. The summed E-state index contributed by atoms with van der Waals surface area (Å²) >= 11 is 11.2. The molecule has 0 bridgehead atoms. The molecule has 0 spiro atoms. The van der Waals surface area contributed by atoms with Gasteiger partial charge in [-0.15, -0.1) is 11.3 Å². The third-order valence-corrected chi connectivity index (χ3v) is 5.95. The summed E-state index contributed by atoms with van der Waals surface area (Å²) in [5.74, 6) is 0. The second kappa shape index (κ2) is 7.84. The second-order valence-corrected chi connectivity index (χ2v) is 8.41. The zero-order valence-electron chi connectivity index (χ0n) is 14.8. The van der Waals surface area contributed by atoms with Gasteiger partial charge in [-0.05, 0) is 43.3 Å². The molecule has 136 valence electrons. The third-order valence-electron chi connectivity index (χ3n) is 4.25. The Bertz CT molecular complexity index is 1250. The summed E-state index contributed by atoms with van der Waals surface area (Å²) in [5, 5.41) is 13.6. The zero-order valence-corrected chi connectivity index (χ0v) is 17.9. The predicted octanol–water partition coefficient (Wildman–Crippen LogP) is 7.15. The van der Waals surface area contributed by atoms with Crippen molar-refractivity contribution in [1.29, 1.82) is 5.26 Å². The molecule has 28 heavy (non-hydrogen) atoms. The Morgan fingerprint density at radius 2 is 1.93 bits per heavy atom. The lowest BCUT2D eigenvalue weighted by molar-refractivity contribution is 1.36. The molecule has 0 aliphatic rings. The van der Waals surface area contributed by atoms with Crippen LogP contribution in [-0.2, 0) is 0 Å². The van der Waals surface area contributed by atoms with Gasteiger partial charge in [-0.3, -0.25) is 0 Å². The van der Waals surface area contributed by atoms with Gasteiger partial charge in [0.05, 0.1) is 16.8 Å². The first-order valence-electron chi connectivity index (χ1n) is 8.44. The lowest BCUT2D eigenvalue weighted by Crippen LogP contribution is -1.88. The normalized spacial score (nSPS) is 11.6. The van der Waals surface area contributed by atoms with Crippen LogP contribution in [0.2, 0.25) is 5.15 Å². The van der Waals surface area contributed by atoms with E-state index in [9.17, 15) is 5.26 Å². The van der Waals surface area contributed by atoms with Crippen molar-refractivity contribution in [3.8, 4) is 17.3 Å². The van der Waals surface area contributed by atoms with Crippen molar-refractivity contribution in [3.63, 3.8) is 0 Å². The second-order valence-electron chi connectivity index (χ2n) is 6.28. The van der Waals surface area contributed by atoms with Crippen LogP contribution in [0.15, 0.2) is 58.4 Å². The summed E-state index contributed by atoms with van der Waals surface area (Å²) in [7, 11) is 0. The summed E-state index contributed by atoms with van der Waals surface area (Å²) in [6, 6.07) is 18.1. The van der Waals surface area contributed by atoms with Crippen LogP contribution in [0.1, 0.15) is 16.1 Å². The van der Waals surface area contributed by atoms with E-state index in [0.717, 1.165) is 32.2 Å². The standard InChI is InChI=1S/C22H13BrClN3S/c1-13-2-7-19-15(8-13)9-16(21(24)26-19)10-17(11-25)22-27-20(12-28-22)14-3-5-18(23)6-4-14/h2-10,12H,1H3/b17-10+. The van der Waals surface area contributed by atoms with E-state index >= 15 is 0 Å². The van der Waals surface area contributed by atoms with Gasteiger partial charge in [0.2, 0.25) is 0 Å². The number of aromatic nitrogens is 2. The Balaban J connectivity index is 1.74. The fraction of sp³-hybridized carbons (Fsp3) is 0.0455. The summed E-state index contributed by atoms with van der Waals surface area (Å²) < 4.78 is 1.01. The number of halogens is 2. The Hall–Kier alpha value is -2.52. The number of allylic oxidation sites excluding steroid dienone is 1. The van der Waals surface area contributed by atoms with E-state index in [1.165, 1.54) is 11.3 Å². The van der Waals surface area contributed by atoms with Crippen molar-refractivity contribution < 1.29 is 0 Å². The highest BCUT2D eigenvalue weighted by Gasteiger charge is 2.11. The zero-order chi connectivity index (χ0) is 19.7. The predicted molar refractivity (Wildman–Crippen MR) is 120 cm³/mol. The van der Waals surface area contributed by atoms with E-state index in [1.54, 1.807) is 6.08 Å². The van der Waals surface area contributed by atoms with Gasteiger partial charge in [-0.1, -0.05) is 51.3 Å². The maximum atomic E-state index is 9.68. The van der Waals surface area contributed by atoms with E-state index in [2.05, 4.69) is 38.0 Å². The Morgan fingerprint density at radius 1 is 1.14 bits per heavy atom. The van der Waals surface area contributed by atoms with Crippen LogP contribution in [0.4, 0.5) is 0 Å². The molecule has 0 aliphatic carbocycles. The van der Waals surface area contributed by atoms with E-state index in [1.807, 2.05) is 54.8 Å². The minimum absolute atomic E-state index is 0.369. The number of aryl methyl sites for hydroxylation is 1. The van der Waals surface area contributed by atoms with Gasteiger partial charge in [-0.25, -0.2) is 9.97 Å². The van der Waals surface area contributed by atoms with Gasteiger partial charge < -0.3 is 0 Å². The van der Waals surface area contributed by atoms with Gasteiger partial charge in [0.25, 0.3) is 0 Å². The van der Waals surface area contributed by atoms with Crippen LogP contribution in [-0.4, -0.2) is 9.97 Å². The van der Waals surface area contributed by atoms with E-state index in [0.29, 0.717) is 21.3 Å². The van der Waals surface area contributed by atoms with Crippen LogP contribution in [0, 0.1) is 18.3 Å². The highest BCUT2D eigenvalue weighted by atomic mass is 79.9. The van der Waals surface area contributed by atoms with Crippen LogP contribution in [0.3, 0.4) is 0 Å². The molecule has 0 amide bonds. The summed E-state index contributed by atoms with van der Waals surface area (Å²) in [6.45, 7) is 2.03. The molecule has 0 saturated carbocycles. The number of rotatable bonds is 3. The van der Waals surface area contributed by atoms with Gasteiger partial charge in [0, 0.05) is 26.4 Å². The number of hydrogen-bond acceptors (Lipinski definition) is 4. The van der Waals surface area contributed by atoms with E-state index in [4.69, 9.17) is 11.6 Å². The Kier molecular flexibility index (Phi) is 5.27. The first-order valence-corrected chi connectivity index (χ1v) is 10.5. The SMILES string of the molecule is Cc1ccc2nc(Cl)c(/C=C(\C#N)c3nc(-c4ccc(Br)cc4)cs3)cc2c1. The van der Waals surface area contributed by atoms with Gasteiger partial charge in [-0.2, -0.15) is 5.26 Å². The highest BCUT2D eigenvalue weighted by Crippen LogP contribution is 2.30. The third kappa shape index (κ3) is 3.85. The van der Waals surface area contributed by atoms with Crippen LogP contribution in [0.5, 0.6) is 0 Å². The molecule has 0 N–H and O–H groups in total. The number of pyridine rings is 1. The van der Waals surface area contributed by atoms with Crippen LogP contribution >= 0.6 is 38.9 Å². The molecular formula is C22H13BrClN3S. The summed E-state index contributed by atoms with van der Waals surface area (Å²) in [4.78, 5) is 9.08. The molecule has 0 unspecified atom stereocenters. The van der Waals surface area contributed by atoms with Gasteiger partial charge >= 0.3 is 0 Å². The molecule has 4 aromatic rings. The molecule has 0 aliphatic heterocycles. The molecule has 3 nitrogen and oxygen atoms in total. The molecule has 0 saturated heterocycles. The average Bonchev–Trinajstić information content (AvgIpc) is 3.17. The monoisotopic (exact) mass is 465 g/mol. The minimum Gasteiger partial charge on any atom is -0.235 e.